The smallest absolute Gasteiger partial charge is 0.329 e. The number of aliphatic carboxylic acids is 1. The van der Waals surface area contributed by atoms with Gasteiger partial charge in [-0.2, -0.15) is 0 Å². The van der Waals surface area contributed by atoms with Crippen LogP contribution >= 0.6 is 0 Å². The van der Waals surface area contributed by atoms with Gasteiger partial charge in [0.2, 0.25) is 5.88 Å². The van der Waals surface area contributed by atoms with E-state index in [0.29, 0.717) is 18.7 Å². The third-order valence-corrected chi connectivity index (χ3v) is 2.20. The van der Waals surface area contributed by atoms with Crippen LogP contribution in [0.1, 0.15) is 18.5 Å². The molecule has 0 spiro atoms. The van der Waals surface area contributed by atoms with Gasteiger partial charge in [-0.05, 0) is 25.8 Å². The highest BCUT2D eigenvalue weighted by Crippen LogP contribution is 2.14. The number of nitrogens with two attached hydrogens (primary N) is 1. The second-order valence-corrected chi connectivity index (χ2v) is 3.46. The quantitative estimate of drug-likeness (QED) is 0.478. The number of nitrogens with zero attached hydrogens (tertiary/aromatic N) is 1. The van der Waals surface area contributed by atoms with Crippen molar-refractivity contribution in [3.8, 4) is 5.88 Å². The first kappa shape index (κ1) is 12.3. The first-order valence-electron chi connectivity index (χ1n) is 4.98. The van der Waals surface area contributed by atoms with Crippen molar-refractivity contribution in [2.24, 2.45) is 5.73 Å². The number of rotatable bonds is 6. The van der Waals surface area contributed by atoms with Crippen LogP contribution in [0.3, 0.4) is 0 Å². The summed E-state index contributed by atoms with van der Waals surface area (Å²) >= 11 is 0. The van der Waals surface area contributed by atoms with Crippen LogP contribution in [0.4, 0.5) is 0 Å². The summed E-state index contributed by atoms with van der Waals surface area (Å²) in [7, 11) is 0. The molecule has 0 saturated heterocycles. The monoisotopic (exact) mass is 229 g/mol. The minimum atomic E-state index is -1.18. The number of nitrogens with one attached hydrogen (secondary N) is 1. The zero-order valence-corrected chi connectivity index (χ0v) is 8.77. The third-order valence-electron chi connectivity index (χ3n) is 2.20. The molecule has 1 aromatic rings. The lowest BCUT2D eigenvalue weighted by Crippen LogP contribution is -2.21. The summed E-state index contributed by atoms with van der Waals surface area (Å²) in [4.78, 5) is 24.2. The number of carbonyl (C=O) groups is 1. The molecule has 0 aliphatic carbocycles. The average Bonchev–Trinajstić information content (AvgIpc) is 2.46. The Balaban J connectivity index is 2.80. The number of carboxylic acids is 1. The van der Waals surface area contributed by atoms with Gasteiger partial charge in [-0.25, -0.2) is 4.79 Å². The summed E-state index contributed by atoms with van der Waals surface area (Å²) in [5.41, 5.74) is 5.07. The molecular formula is C9H15N3O4. The number of hydrogen-bond acceptors (Lipinski definition) is 4. The first-order valence-corrected chi connectivity index (χ1v) is 4.98. The van der Waals surface area contributed by atoms with Gasteiger partial charge in [-0.3, -0.25) is 9.36 Å². The normalized spacial score (nSPS) is 10.6. The molecule has 0 atom stereocenters. The Bertz CT molecular complexity index is 421. The highest BCUT2D eigenvalue weighted by atomic mass is 16.4. The maximum absolute atomic E-state index is 11.3. The Kier molecular flexibility index (Phi) is 4.12. The van der Waals surface area contributed by atoms with Gasteiger partial charge in [0, 0.05) is 0 Å². The number of aromatic nitrogens is 2. The van der Waals surface area contributed by atoms with Gasteiger partial charge in [-0.1, -0.05) is 0 Å². The van der Waals surface area contributed by atoms with E-state index in [1.165, 1.54) is 0 Å². The molecule has 0 aromatic carbocycles. The largest absolute Gasteiger partial charge is 0.493 e. The molecule has 90 valence electrons. The molecule has 1 rings (SSSR count). The van der Waals surface area contributed by atoms with Gasteiger partial charge >= 0.3 is 11.7 Å². The van der Waals surface area contributed by atoms with Crippen LogP contribution in [0.5, 0.6) is 5.88 Å². The molecule has 1 aromatic heterocycles. The van der Waals surface area contributed by atoms with Crippen molar-refractivity contribution in [3.63, 3.8) is 0 Å². The molecule has 0 aliphatic rings. The number of carboxylic acid groups (broad SMARTS) is 1. The van der Waals surface area contributed by atoms with Crippen molar-refractivity contribution in [2.45, 2.75) is 25.8 Å². The minimum Gasteiger partial charge on any atom is -0.493 e. The number of aromatic amines is 1. The van der Waals surface area contributed by atoms with E-state index in [-0.39, 0.29) is 5.88 Å². The molecule has 5 N–H and O–H groups in total. The highest BCUT2D eigenvalue weighted by Gasteiger charge is 2.14. The van der Waals surface area contributed by atoms with Crippen molar-refractivity contribution in [1.29, 1.82) is 0 Å². The number of hydrogen-bond donors (Lipinski definition) is 4. The Morgan fingerprint density at radius 2 is 2.12 bits per heavy atom. The maximum Gasteiger partial charge on any atom is 0.329 e. The molecule has 0 unspecified atom stereocenters. The predicted octanol–water partition coefficient (Wildman–Crippen LogP) is -0.752. The fraction of sp³-hybridized carbons (Fsp3) is 0.556. The number of aryl methyl sites for hydroxylation is 1. The van der Waals surface area contributed by atoms with Crippen molar-refractivity contribution >= 4 is 5.97 Å². The fourth-order valence-corrected chi connectivity index (χ4v) is 1.41. The first-order chi connectivity index (χ1) is 7.56. The molecule has 7 heteroatoms. The van der Waals surface area contributed by atoms with Crippen LogP contribution in [0, 0.1) is 0 Å². The molecule has 0 bridgehead atoms. The van der Waals surface area contributed by atoms with Crippen LogP contribution in [0.25, 0.3) is 0 Å². The summed E-state index contributed by atoms with van der Waals surface area (Å²) in [6.45, 7) is -0.00111. The lowest BCUT2D eigenvalue weighted by Gasteiger charge is -2.00. The summed E-state index contributed by atoms with van der Waals surface area (Å²) in [5.74, 6) is -1.48. The number of H-pyrrole nitrogens is 1. The van der Waals surface area contributed by atoms with Gasteiger partial charge in [0.25, 0.3) is 0 Å². The minimum absolute atomic E-state index is 0.301. The Morgan fingerprint density at radius 1 is 1.44 bits per heavy atom. The van der Waals surface area contributed by atoms with E-state index in [2.05, 4.69) is 4.98 Å². The lowest BCUT2D eigenvalue weighted by atomic mass is 10.2. The average molecular weight is 229 g/mol. The zero-order chi connectivity index (χ0) is 12.1. The van der Waals surface area contributed by atoms with Crippen molar-refractivity contribution < 1.29 is 15.0 Å². The Morgan fingerprint density at radius 3 is 2.69 bits per heavy atom. The van der Waals surface area contributed by atoms with Crippen LogP contribution in [0.2, 0.25) is 0 Å². The van der Waals surface area contributed by atoms with E-state index in [9.17, 15) is 14.7 Å². The van der Waals surface area contributed by atoms with E-state index < -0.39 is 18.2 Å². The maximum atomic E-state index is 11.3. The topological polar surface area (TPSA) is 121 Å². The zero-order valence-electron chi connectivity index (χ0n) is 8.77. The summed E-state index contributed by atoms with van der Waals surface area (Å²) in [6, 6.07) is 0. The van der Waals surface area contributed by atoms with Gasteiger partial charge in [0.15, 0.2) is 0 Å². The van der Waals surface area contributed by atoms with E-state index in [1.54, 1.807) is 0 Å². The predicted molar refractivity (Wildman–Crippen MR) is 56.3 cm³/mol. The van der Waals surface area contributed by atoms with Crippen LogP contribution in [-0.4, -0.2) is 32.3 Å². The highest BCUT2D eigenvalue weighted by molar-refractivity contribution is 5.66. The molecular weight excluding hydrogens is 214 g/mol. The SMILES string of the molecule is NCCCCc1[nH]c(=O)n(CC(=O)O)c1O. The lowest BCUT2D eigenvalue weighted by molar-refractivity contribution is -0.137. The van der Waals surface area contributed by atoms with E-state index in [0.717, 1.165) is 17.4 Å². The summed E-state index contributed by atoms with van der Waals surface area (Å²) in [6.07, 6.45) is 1.99. The van der Waals surface area contributed by atoms with Gasteiger partial charge in [0.05, 0.1) is 5.69 Å². The Labute approximate surface area is 91.5 Å². The van der Waals surface area contributed by atoms with Crippen LogP contribution in [0.15, 0.2) is 4.79 Å². The molecule has 0 amide bonds. The van der Waals surface area contributed by atoms with E-state index >= 15 is 0 Å². The van der Waals surface area contributed by atoms with Gasteiger partial charge < -0.3 is 20.9 Å². The van der Waals surface area contributed by atoms with Crippen LogP contribution < -0.4 is 11.4 Å². The van der Waals surface area contributed by atoms with Crippen molar-refractivity contribution in [1.82, 2.24) is 9.55 Å². The van der Waals surface area contributed by atoms with Gasteiger partial charge in [-0.15, -0.1) is 0 Å². The second kappa shape index (κ2) is 5.36. The summed E-state index contributed by atoms with van der Waals surface area (Å²) in [5, 5.41) is 18.1. The van der Waals surface area contributed by atoms with E-state index in [1.807, 2.05) is 0 Å². The van der Waals surface area contributed by atoms with Gasteiger partial charge in [0.1, 0.15) is 6.54 Å². The van der Waals surface area contributed by atoms with Crippen molar-refractivity contribution in [2.75, 3.05) is 6.54 Å². The third kappa shape index (κ3) is 2.86. The van der Waals surface area contributed by atoms with E-state index in [4.69, 9.17) is 10.8 Å². The number of unbranched alkanes of at least 4 members (excludes halogenated alkanes) is 1. The molecule has 0 aliphatic heterocycles. The molecule has 16 heavy (non-hydrogen) atoms. The molecule has 0 radical (unpaired) electrons. The molecule has 0 fully saturated rings. The van der Waals surface area contributed by atoms with Crippen molar-refractivity contribution in [3.05, 3.63) is 16.2 Å². The molecule has 0 saturated carbocycles. The molecule has 1 heterocycles. The molecule has 7 nitrogen and oxygen atoms in total. The summed E-state index contributed by atoms with van der Waals surface area (Å²) < 4.78 is 0.792. The van der Waals surface area contributed by atoms with Crippen LogP contribution in [-0.2, 0) is 17.8 Å². The number of aromatic hydroxyl groups is 1. The second-order valence-electron chi connectivity index (χ2n) is 3.46. The fourth-order valence-electron chi connectivity index (χ4n) is 1.41. The number of imidazole rings is 1. The Hall–Kier alpha value is -1.76. The standard InChI is InChI=1S/C9H15N3O4/c10-4-2-1-3-6-8(15)12(5-7(13)14)9(16)11-6/h15H,1-5,10H2,(H,11,16)(H,13,14).